The molecule has 188 valence electrons. The number of methoxy groups -OCH3 is 1. The van der Waals surface area contributed by atoms with Gasteiger partial charge in [-0.05, 0) is 73.5 Å². The van der Waals surface area contributed by atoms with E-state index in [-0.39, 0.29) is 0 Å². The first-order valence-corrected chi connectivity index (χ1v) is 11.9. The molecule has 0 aliphatic carbocycles. The van der Waals surface area contributed by atoms with Crippen LogP contribution in [0.2, 0.25) is 5.02 Å². The van der Waals surface area contributed by atoms with E-state index >= 15 is 0 Å². The van der Waals surface area contributed by atoms with Gasteiger partial charge in [0.05, 0.1) is 13.7 Å². The lowest BCUT2D eigenvalue weighted by atomic mass is 10.1. The van der Waals surface area contributed by atoms with Crippen molar-refractivity contribution in [1.82, 2.24) is 4.98 Å². The van der Waals surface area contributed by atoms with Crippen molar-refractivity contribution in [2.45, 2.75) is 19.4 Å². The molecule has 0 radical (unpaired) electrons. The maximum Gasteiger partial charge on any atom is 0.344 e. The Bertz CT molecular complexity index is 1310. The highest BCUT2D eigenvalue weighted by Crippen LogP contribution is 2.25. The van der Waals surface area contributed by atoms with E-state index in [1.165, 1.54) is 6.92 Å². The number of hydrogen-bond acceptors (Lipinski definition) is 7. The number of ether oxygens (including phenoxy) is 3. The topological polar surface area (TPSA) is 94.3 Å². The van der Waals surface area contributed by atoms with E-state index in [0.29, 0.717) is 54.0 Å². The molecule has 4 rings (SSSR count). The maximum atomic E-state index is 11.1. The number of halogens is 1. The molecule has 1 aromatic heterocycles. The summed E-state index contributed by atoms with van der Waals surface area (Å²) in [6, 6.07) is 20.6. The van der Waals surface area contributed by atoms with Crippen LogP contribution in [0, 0.1) is 0 Å². The first-order valence-electron chi connectivity index (χ1n) is 11.5. The standard InChI is InChI=1S/C27H27ClN2O6/c1-18(26(31)32)35-23-5-3-4-19(16-23)12-13-30(14-15-34-22-9-7-21(33-2)8-10-22)27-29-24-17-20(28)6-11-25(24)36-27/h3-11,16-18H,12-15H2,1-2H3,(H,31,32). The molecule has 1 N–H and O–H groups in total. The zero-order chi connectivity index (χ0) is 25.5. The first kappa shape index (κ1) is 25.2. The Morgan fingerprint density at radius 1 is 1.06 bits per heavy atom. The SMILES string of the molecule is COc1ccc(OCCN(CCc2cccc(OC(C)C(=O)O)c2)c2nc3cc(Cl)ccc3o2)cc1. The molecule has 36 heavy (non-hydrogen) atoms. The van der Waals surface area contributed by atoms with Crippen molar-refractivity contribution in [2.75, 3.05) is 31.7 Å². The minimum atomic E-state index is -1.01. The summed E-state index contributed by atoms with van der Waals surface area (Å²) >= 11 is 6.12. The summed E-state index contributed by atoms with van der Waals surface area (Å²) in [7, 11) is 1.62. The highest BCUT2D eigenvalue weighted by Gasteiger charge is 2.16. The van der Waals surface area contributed by atoms with Gasteiger partial charge in [0.1, 0.15) is 29.4 Å². The van der Waals surface area contributed by atoms with Gasteiger partial charge in [-0.1, -0.05) is 23.7 Å². The van der Waals surface area contributed by atoms with Crippen LogP contribution in [-0.4, -0.2) is 49.0 Å². The molecule has 0 amide bonds. The third-order valence-corrected chi connectivity index (χ3v) is 5.76. The third-order valence-electron chi connectivity index (χ3n) is 5.53. The average Bonchev–Trinajstić information content (AvgIpc) is 3.29. The number of rotatable bonds is 12. The van der Waals surface area contributed by atoms with Gasteiger partial charge in [0.25, 0.3) is 6.01 Å². The smallest absolute Gasteiger partial charge is 0.344 e. The molecule has 0 fully saturated rings. The van der Waals surface area contributed by atoms with Gasteiger partial charge in [-0.25, -0.2) is 4.79 Å². The van der Waals surface area contributed by atoms with Crippen LogP contribution in [-0.2, 0) is 11.2 Å². The number of aromatic nitrogens is 1. The number of carboxylic acid groups (broad SMARTS) is 1. The quantitative estimate of drug-likeness (QED) is 0.268. The minimum Gasteiger partial charge on any atom is -0.497 e. The van der Waals surface area contributed by atoms with Crippen LogP contribution in [0.3, 0.4) is 0 Å². The number of benzene rings is 3. The predicted molar refractivity (Wildman–Crippen MR) is 138 cm³/mol. The summed E-state index contributed by atoms with van der Waals surface area (Å²) in [5.74, 6) is 0.989. The Morgan fingerprint density at radius 2 is 1.83 bits per heavy atom. The predicted octanol–water partition coefficient (Wildman–Crippen LogP) is 5.47. The molecular weight excluding hydrogens is 484 g/mol. The van der Waals surface area contributed by atoms with Gasteiger partial charge < -0.3 is 28.6 Å². The Labute approximate surface area is 214 Å². The second kappa shape index (κ2) is 11.7. The summed E-state index contributed by atoms with van der Waals surface area (Å²) in [4.78, 5) is 17.7. The van der Waals surface area contributed by atoms with Crippen LogP contribution < -0.4 is 19.1 Å². The second-order valence-electron chi connectivity index (χ2n) is 8.12. The Hall–Kier alpha value is -3.91. The van der Waals surface area contributed by atoms with Crippen molar-refractivity contribution in [3.63, 3.8) is 0 Å². The fourth-order valence-corrected chi connectivity index (χ4v) is 3.73. The van der Waals surface area contributed by atoms with Crippen molar-refractivity contribution in [1.29, 1.82) is 0 Å². The van der Waals surface area contributed by atoms with E-state index in [0.717, 1.165) is 17.1 Å². The minimum absolute atomic E-state index is 0.408. The van der Waals surface area contributed by atoms with Crippen LogP contribution in [0.5, 0.6) is 17.2 Å². The Morgan fingerprint density at radius 3 is 2.58 bits per heavy atom. The van der Waals surface area contributed by atoms with Gasteiger partial charge in [0.15, 0.2) is 11.7 Å². The largest absolute Gasteiger partial charge is 0.497 e. The number of hydrogen-bond donors (Lipinski definition) is 1. The molecule has 0 aliphatic rings. The third kappa shape index (κ3) is 6.60. The Balaban J connectivity index is 1.46. The lowest BCUT2D eigenvalue weighted by Gasteiger charge is -2.21. The van der Waals surface area contributed by atoms with Crippen LogP contribution in [0.15, 0.2) is 71.1 Å². The van der Waals surface area contributed by atoms with Gasteiger partial charge in [-0.3, -0.25) is 0 Å². The molecular formula is C27H27ClN2O6. The van der Waals surface area contributed by atoms with Gasteiger partial charge in [0, 0.05) is 11.6 Å². The molecule has 0 saturated carbocycles. The molecule has 8 nitrogen and oxygen atoms in total. The normalized spacial score (nSPS) is 11.8. The van der Waals surface area contributed by atoms with Crippen LogP contribution in [0.25, 0.3) is 11.1 Å². The molecule has 0 bridgehead atoms. The molecule has 4 aromatic rings. The number of carboxylic acids is 1. The number of nitrogens with zero attached hydrogens (tertiary/aromatic N) is 2. The Kier molecular flexibility index (Phi) is 8.17. The lowest BCUT2D eigenvalue weighted by molar-refractivity contribution is -0.144. The van der Waals surface area contributed by atoms with Gasteiger partial charge in [-0.2, -0.15) is 4.98 Å². The first-order chi connectivity index (χ1) is 17.4. The fraction of sp³-hybridized carbons (Fsp3) is 0.259. The van der Waals surface area contributed by atoms with E-state index in [1.807, 2.05) is 47.4 Å². The molecule has 1 unspecified atom stereocenters. The molecule has 0 aliphatic heterocycles. The number of carbonyl (C=O) groups is 1. The van der Waals surface area contributed by atoms with Crippen molar-refractivity contribution in [3.8, 4) is 17.2 Å². The molecule has 1 heterocycles. The lowest BCUT2D eigenvalue weighted by Crippen LogP contribution is -2.30. The van der Waals surface area contributed by atoms with Crippen molar-refractivity contribution in [2.24, 2.45) is 0 Å². The molecule has 1 atom stereocenters. The monoisotopic (exact) mass is 510 g/mol. The van der Waals surface area contributed by atoms with E-state index in [2.05, 4.69) is 4.98 Å². The van der Waals surface area contributed by atoms with Crippen molar-refractivity contribution < 1.29 is 28.5 Å². The maximum absolute atomic E-state index is 11.1. The highest BCUT2D eigenvalue weighted by atomic mass is 35.5. The summed E-state index contributed by atoms with van der Waals surface area (Å²) in [5.41, 5.74) is 2.32. The van der Waals surface area contributed by atoms with Gasteiger partial charge in [-0.15, -0.1) is 0 Å². The zero-order valence-electron chi connectivity index (χ0n) is 20.0. The zero-order valence-corrected chi connectivity index (χ0v) is 20.8. The number of anilines is 1. The summed E-state index contributed by atoms with van der Waals surface area (Å²) < 4.78 is 22.6. The van der Waals surface area contributed by atoms with Crippen LogP contribution >= 0.6 is 11.6 Å². The van der Waals surface area contributed by atoms with E-state index in [4.69, 9.17) is 35.3 Å². The van der Waals surface area contributed by atoms with E-state index < -0.39 is 12.1 Å². The van der Waals surface area contributed by atoms with Crippen molar-refractivity contribution in [3.05, 3.63) is 77.3 Å². The summed E-state index contributed by atoms with van der Waals surface area (Å²) in [5, 5.41) is 9.69. The van der Waals surface area contributed by atoms with Crippen LogP contribution in [0.1, 0.15) is 12.5 Å². The number of oxazole rings is 1. The second-order valence-corrected chi connectivity index (χ2v) is 8.55. The molecule has 0 spiro atoms. The van der Waals surface area contributed by atoms with Crippen LogP contribution in [0.4, 0.5) is 6.01 Å². The van der Waals surface area contributed by atoms with E-state index in [1.54, 1.807) is 31.4 Å². The molecule has 9 heteroatoms. The number of fused-ring (bicyclic) bond motifs is 1. The molecule has 3 aromatic carbocycles. The highest BCUT2D eigenvalue weighted by molar-refractivity contribution is 6.31. The van der Waals surface area contributed by atoms with Gasteiger partial charge in [0.2, 0.25) is 0 Å². The van der Waals surface area contributed by atoms with E-state index in [9.17, 15) is 4.79 Å². The summed E-state index contributed by atoms with van der Waals surface area (Å²) in [6.45, 7) is 3.02. The fourth-order valence-electron chi connectivity index (χ4n) is 3.57. The summed E-state index contributed by atoms with van der Waals surface area (Å²) in [6.07, 6.45) is -0.279. The van der Waals surface area contributed by atoms with Crippen molar-refractivity contribution >= 4 is 34.7 Å². The number of aliphatic carboxylic acids is 1. The molecule has 0 saturated heterocycles. The van der Waals surface area contributed by atoms with Gasteiger partial charge >= 0.3 is 5.97 Å². The average molecular weight is 511 g/mol.